The van der Waals surface area contributed by atoms with Crippen molar-refractivity contribution in [3.05, 3.63) is 84.3 Å². The number of pyridine rings is 1. The van der Waals surface area contributed by atoms with E-state index in [0.29, 0.717) is 22.3 Å². The Labute approximate surface area is 150 Å². The first-order valence-corrected chi connectivity index (χ1v) is 8.04. The normalized spacial score (nSPS) is 10.6. The molecule has 0 saturated carbocycles. The van der Waals surface area contributed by atoms with Crippen molar-refractivity contribution in [2.45, 2.75) is 0 Å². The molecule has 0 fully saturated rings. The third-order valence-corrected chi connectivity index (χ3v) is 4.33. The van der Waals surface area contributed by atoms with Crippen molar-refractivity contribution < 1.29 is 4.79 Å². The van der Waals surface area contributed by atoms with Gasteiger partial charge in [-0.15, -0.1) is 0 Å². The van der Waals surface area contributed by atoms with Gasteiger partial charge in [-0.2, -0.15) is 5.26 Å². The van der Waals surface area contributed by atoms with Crippen LogP contribution >= 0.6 is 0 Å². The number of amides is 1. The minimum Gasteiger partial charge on any atom is -0.366 e. The number of benzene rings is 2. The fraction of sp³-hybridized carbons (Fsp3) is 0. The third-order valence-electron chi connectivity index (χ3n) is 4.33. The maximum atomic E-state index is 12.1. The number of carbonyl (C=O) groups is 1. The van der Waals surface area contributed by atoms with E-state index >= 15 is 0 Å². The zero-order valence-corrected chi connectivity index (χ0v) is 13.8. The average molecular weight is 338 g/mol. The number of carbonyl (C=O) groups excluding carboxylic acids is 1. The molecule has 0 spiro atoms. The van der Waals surface area contributed by atoms with Crippen molar-refractivity contribution >= 4 is 11.6 Å². The molecule has 0 saturated heterocycles. The fourth-order valence-corrected chi connectivity index (χ4v) is 3.17. The molecule has 2 heterocycles. The molecular formula is C21H14N4O. The van der Waals surface area contributed by atoms with Gasteiger partial charge in [0.25, 0.3) is 0 Å². The molecule has 2 aromatic heterocycles. The molecule has 2 N–H and O–H groups in total. The van der Waals surface area contributed by atoms with Gasteiger partial charge in [0.2, 0.25) is 5.91 Å². The van der Waals surface area contributed by atoms with Gasteiger partial charge in [-0.25, -0.2) is 4.98 Å². The van der Waals surface area contributed by atoms with Crippen LogP contribution in [-0.4, -0.2) is 15.3 Å². The highest BCUT2D eigenvalue weighted by molar-refractivity contribution is 6.05. The minimum atomic E-state index is -0.535. The van der Waals surface area contributed by atoms with Crippen molar-refractivity contribution in [2.24, 2.45) is 5.73 Å². The van der Waals surface area contributed by atoms with Gasteiger partial charge >= 0.3 is 0 Å². The molecule has 124 valence electrons. The molecule has 0 aliphatic rings. The van der Waals surface area contributed by atoms with Gasteiger partial charge in [0.05, 0.1) is 11.6 Å². The van der Waals surface area contributed by atoms with E-state index in [1.165, 1.54) is 0 Å². The SMILES string of the molecule is N#Cc1ccc(C(N)=O)c(-c2ccc3nccn3c2)c1-c1ccccc1. The zero-order valence-electron chi connectivity index (χ0n) is 13.8. The van der Waals surface area contributed by atoms with Crippen LogP contribution in [-0.2, 0) is 0 Å². The lowest BCUT2D eigenvalue weighted by Gasteiger charge is -2.16. The van der Waals surface area contributed by atoms with Crippen molar-refractivity contribution in [1.82, 2.24) is 9.38 Å². The van der Waals surface area contributed by atoms with Crippen LogP contribution in [0.4, 0.5) is 0 Å². The first-order valence-electron chi connectivity index (χ1n) is 8.04. The van der Waals surface area contributed by atoms with Crippen LogP contribution in [0.3, 0.4) is 0 Å². The quantitative estimate of drug-likeness (QED) is 0.619. The standard InChI is InChI=1S/C21H14N4O/c22-12-15-6-8-17(21(23)26)20(19(15)14-4-2-1-3-5-14)16-7-9-18-24-10-11-25(18)13-16/h1-11,13H,(H2,23,26). The summed E-state index contributed by atoms with van der Waals surface area (Å²) in [5, 5.41) is 9.64. The molecule has 4 aromatic rings. The summed E-state index contributed by atoms with van der Waals surface area (Å²) in [5.74, 6) is -0.535. The van der Waals surface area contributed by atoms with Crippen molar-refractivity contribution in [3.8, 4) is 28.3 Å². The van der Waals surface area contributed by atoms with Crippen LogP contribution in [0.15, 0.2) is 73.2 Å². The summed E-state index contributed by atoms with van der Waals surface area (Å²) >= 11 is 0. The fourth-order valence-electron chi connectivity index (χ4n) is 3.17. The van der Waals surface area contributed by atoms with Crippen molar-refractivity contribution in [3.63, 3.8) is 0 Å². The number of aromatic nitrogens is 2. The molecule has 0 radical (unpaired) electrons. The highest BCUT2D eigenvalue weighted by atomic mass is 16.1. The second kappa shape index (κ2) is 6.19. The lowest BCUT2D eigenvalue weighted by Crippen LogP contribution is -2.13. The second-order valence-corrected chi connectivity index (χ2v) is 5.86. The first kappa shape index (κ1) is 15.6. The summed E-state index contributed by atoms with van der Waals surface area (Å²) in [5.41, 5.74) is 10.3. The van der Waals surface area contributed by atoms with Gasteiger partial charge in [-0.3, -0.25) is 4.79 Å². The maximum Gasteiger partial charge on any atom is 0.249 e. The Hall–Kier alpha value is -3.91. The molecule has 0 aliphatic heterocycles. The summed E-state index contributed by atoms with van der Waals surface area (Å²) in [6.07, 6.45) is 5.43. The van der Waals surface area contributed by atoms with E-state index in [9.17, 15) is 10.1 Å². The van der Waals surface area contributed by atoms with Gasteiger partial charge in [-0.1, -0.05) is 30.3 Å². The zero-order chi connectivity index (χ0) is 18.1. The van der Waals surface area contributed by atoms with Crippen LogP contribution in [0.25, 0.3) is 27.9 Å². The number of hydrogen-bond donors (Lipinski definition) is 1. The number of nitrogens with zero attached hydrogens (tertiary/aromatic N) is 3. The highest BCUT2D eigenvalue weighted by Crippen LogP contribution is 2.37. The summed E-state index contributed by atoms with van der Waals surface area (Å²) in [4.78, 5) is 16.4. The maximum absolute atomic E-state index is 12.1. The Morgan fingerprint density at radius 3 is 2.54 bits per heavy atom. The molecule has 1 amide bonds. The predicted octanol–water partition coefficient (Wildman–Crippen LogP) is 3.64. The Balaban J connectivity index is 2.11. The predicted molar refractivity (Wildman–Crippen MR) is 99.3 cm³/mol. The molecule has 0 unspecified atom stereocenters. The van der Waals surface area contributed by atoms with Crippen LogP contribution in [0, 0.1) is 11.3 Å². The molecule has 0 atom stereocenters. The van der Waals surface area contributed by atoms with E-state index in [0.717, 1.165) is 16.8 Å². The summed E-state index contributed by atoms with van der Waals surface area (Å²) < 4.78 is 1.87. The van der Waals surface area contributed by atoms with Crippen LogP contribution in [0.2, 0.25) is 0 Å². The Bertz CT molecular complexity index is 1170. The largest absolute Gasteiger partial charge is 0.366 e. The van der Waals surface area contributed by atoms with Crippen LogP contribution < -0.4 is 5.73 Å². The molecule has 5 nitrogen and oxygen atoms in total. The number of hydrogen-bond acceptors (Lipinski definition) is 3. The Morgan fingerprint density at radius 1 is 1.00 bits per heavy atom. The number of primary amides is 1. The van der Waals surface area contributed by atoms with Gasteiger partial charge in [0.1, 0.15) is 5.65 Å². The number of imidazole rings is 1. The third kappa shape index (κ3) is 2.50. The molecule has 26 heavy (non-hydrogen) atoms. The molecule has 2 aromatic carbocycles. The first-order chi connectivity index (χ1) is 12.7. The van der Waals surface area contributed by atoms with Crippen LogP contribution in [0.1, 0.15) is 15.9 Å². The number of nitrogens with two attached hydrogens (primary N) is 1. The monoisotopic (exact) mass is 338 g/mol. The number of nitriles is 1. The average Bonchev–Trinajstić information content (AvgIpc) is 3.15. The number of fused-ring (bicyclic) bond motifs is 1. The Kier molecular flexibility index (Phi) is 3.71. The minimum absolute atomic E-state index is 0.377. The van der Waals surface area contributed by atoms with E-state index < -0.39 is 5.91 Å². The molecule has 5 heteroatoms. The molecule has 0 aliphatic carbocycles. The van der Waals surface area contributed by atoms with E-state index in [-0.39, 0.29) is 0 Å². The highest BCUT2D eigenvalue weighted by Gasteiger charge is 2.20. The van der Waals surface area contributed by atoms with Crippen molar-refractivity contribution in [2.75, 3.05) is 0 Å². The smallest absolute Gasteiger partial charge is 0.249 e. The van der Waals surface area contributed by atoms with E-state index in [1.807, 2.05) is 59.3 Å². The van der Waals surface area contributed by atoms with Gasteiger partial charge < -0.3 is 10.1 Å². The number of rotatable bonds is 3. The summed E-state index contributed by atoms with van der Waals surface area (Å²) in [7, 11) is 0. The van der Waals surface area contributed by atoms with Crippen molar-refractivity contribution in [1.29, 1.82) is 5.26 Å². The summed E-state index contributed by atoms with van der Waals surface area (Å²) in [6.45, 7) is 0. The molecular weight excluding hydrogens is 324 g/mol. The summed E-state index contributed by atoms with van der Waals surface area (Å²) in [6, 6.07) is 18.8. The van der Waals surface area contributed by atoms with E-state index in [4.69, 9.17) is 5.73 Å². The molecule has 4 rings (SSSR count). The lowest BCUT2D eigenvalue weighted by molar-refractivity contribution is 0.100. The topological polar surface area (TPSA) is 84.2 Å². The van der Waals surface area contributed by atoms with Gasteiger partial charge in [-0.05, 0) is 35.4 Å². The van der Waals surface area contributed by atoms with Crippen LogP contribution in [0.5, 0.6) is 0 Å². The van der Waals surface area contributed by atoms with E-state index in [1.54, 1.807) is 18.3 Å². The molecule has 0 bridgehead atoms. The second-order valence-electron chi connectivity index (χ2n) is 5.86. The Morgan fingerprint density at radius 2 is 1.81 bits per heavy atom. The van der Waals surface area contributed by atoms with Gasteiger partial charge in [0, 0.05) is 35.3 Å². The van der Waals surface area contributed by atoms with E-state index in [2.05, 4.69) is 11.1 Å². The van der Waals surface area contributed by atoms with Gasteiger partial charge in [0.15, 0.2) is 0 Å². The lowest BCUT2D eigenvalue weighted by atomic mass is 9.87.